The van der Waals surface area contributed by atoms with Crippen LogP contribution in [0.15, 0.2) is 12.2 Å². The van der Waals surface area contributed by atoms with E-state index in [9.17, 15) is 19.0 Å². The normalized spacial score (nSPS) is 14.9. The number of esters is 2. The van der Waals surface area contributed by atoms with Gasteiger partial charge in [0.05, 0.1) is 13.2 Å². The first-order valence-corrected chi connectivity index (χ1v) is 7.80. The second-order valence-electron chi connectivity index (χ2n) is 4.00. The molecule has 0 bridgehead atoms. The number of rotatable bonds is 10. The highest BCUT2D eigenvalue weighted by Gasteiger charge is 2.20. The summed E-state index contributed by atoms with van der Waals surface area (Å²) >= 11 is 0. The number of hydrogen-bond acceptors (Lipinski definition) is 8. The van der Waals surface area contributed by atoms with E-state index in [0.717, 1.165) is 0 Å². The topological polar surface area (TPSA) is 111 Å². The Kier molecular flexibility index (Phi) is 9.12. The fraction of sp³-hybridized carbons (Fsp3) is 0.667. The third-order valence-corrected chi connectivity index (χ3v) is 3.09. The molecule has 2 unspecified atom stereocenters. The lowest BCUT2D eigenvalue weighted by Crippen LogP contribution is -2.30. The van der Waals surface area contributed by atoms with Crippen LogP contribution >= 0.6 is 7.82 Å². The van der Waals surface area contributed by atoms with Crippen LogP contribution in [-0.4, -0.2) is 37.9 Å². The Morgan fingerprint density at radius 2 is 1.86 bits per heavy atom. The van der Waals surface area contributed by atoms with E-state index in [-0.39, 0.29) is 25.2 Å². The molecule has 9 heteroatoms. The molecule has 0 radical (unpaired) electrons. The van der Waals surface area contributed by atoms with Crippen LogP contribution in [0.2, 0.25) is 0 Å². The van der Waals surface area contributed by atoms with E-state index in [1.54, 1.807) is 6.92 Å². The molecule has 0 fully saturated rings. The van der Waals surface area contributed by atoms with Crippen LogP contribution in [-0.2, 0) is 32.7 Å². The molecular weight excluding hydrogens is 303 g/mol. The lowest BCUT2D eigenvalue weighted by atomic mass is 10.3. The van der Waals surface area contributed by atoms with Gasteiger partial charge in [-0.25, -0.2) is 4.79 Å². The van der Waals surface area contributed by atoms with Gasteiger partial charge in [-0.3, -0.25) is 9.36 Å². The molecule has 0 aromatic carbocycles. The van der Waals surface area contributed by atoms with Gasteiger partial charge in [0.2, 0.25) is 0 Å². The first-order valence-electron chi connectivity index (χ1n) is 6.34. The Balaban J connectivity index is 4.57. The van der Waals surface area contributed by atoms with Crippen LogP contribution in [0.4, 0.5) is 0 Å². The van der Waals surface area contributed by atoms with E-state index < -0.39 is 32.5 Å². The number of phosphoric ester groups is 1. The fourth-order valence-electron chi connectivity index (χ4n) is 1.03. The van der Waals surface area contributed by atoms with Crippen molar-refractivity contribution in [3.05, 3.63) is 12.2 Å². The summed E-state index contributed by atoms with van der Waals surface area (Å²) in [5.41, 5.74) is 0.122. The molecule has 0 spiro atoms. The zero-order valence-corrected chi connectivity index (χ0v) is 13.2. The van der Waals surface area contributed by atoms with Crippen molar-refractivity contribution in [1.82, 2.24) is 0 Å². The molecule has 0 heterocycles. The van der Waals surface area contributed by atoms with Crippen molar-refractivity contribution in [1.29, 1.82) is 0 Å². The van der Waals surface area contributed by atoms with Crippen LogP contribution in [0.25, 0.3) is 0 Å². The largest absolute Gasteiger partial charge is 0.756 e. The van der Waals surface area contributed by atoms with Gasteiger partial charge in [-0.2, -0.15) is 0 Å². The molecule has 0 aromatic rings. The number of ether oxygens (including phenoxy) is 2. The summed E-state index contributed by atoms with van der Waals surface area (Å²) in [6.07, 6.45) is -0.937. The molecule has 0 saturated heterocycles. The molecule has 0 saturated carbocycles. The minimum atomic E-state index is -4.47. The summed E-state index contributed by atoms with van der Waals surface area (Å²) in [4.78, 5) is 33.8. The van der Waals surface area contributed by atoms with Crippen molar-refractivity contribution in [3.8, 4) is 0 Å². The number of carbonyl (C=O) groups is 2. The number of hydrogen-bond donors (Lipinski definition) is 0. The highest BCUT2D eigenvalue weighted by atomic mass is 31.2. The first kappa shape index (κ1) is 19.8. The monoisotopic (exact) mass is 323 g/mol. The molecule has 0 aliphatic carbocycles. The van der Waals surface area contributed by atoms with Gasteiger partial charge in [-0.1, -0.05) is 13.5 Å². The molecule has 2 atom stereocenters. The van der Waals surface area contributed by atoms with E-state index in [1.165, 1.54) is 13.8 Å². The minimum absolute atomic E-state index is 0.0815. The molecule has 0 aliphatic heterocycles. The molecule has 0 aromatic heterocycles. The average Bonchev–Trinajstić information content (AvgIpc) is 2.40. The Labute approximate surface area is 123 Å². The maximum atomic E-state index is 11.4. The maximum Gasteiger partial charge on any atom is 0.333 e. The quantitative estimate of drug-likeness (QED) is 0.332. The molecule has 122 valence electrons. The molecule has 0 rings (SSSR count). The van der Waals surface area contributed by atoms with Gasteiger partial charge >= 0.3 is 11.9 Å². The average molecular weight is 323 g/mol. The maximum absolute atomic E-state index is 11.4. The summed E-state index contributed by atoms with van der Waals surface area (Å²) in [6, 6.07) is 0. The summed E-state index contributed by atoms with van der Waals surface area (Å²) in [7, 11) is -4.47. The van der Waals surface area contributed by atoms with E-state index >= 15 is 0 Å². The van der Waals surface area contributed by atoms with Crippen molar-refractivity contribution in [2.24, 2.45) is 0 Å². The van der Waals surface area contributed by atoms with Gasteiger partial charge in [0.1, 0.15) is 6.61 Å². The lowest BCUT2D eigenvalue weighted by Gasteiger charge is -2.25. The van der Waals surface area contributed by atoms with E-state index in [1.807, 2.05) is 0 Å². The smallest absolute Gasteiger partial charge is 0.333 e. The predicted molar refractivity (Wildman–Crippen MR) is 71.1 cm³/mol. The summed E-state index contributed by atoms with van der Waals surface area (Å²) in [5, 5.41) is 0. The van der Waals surface area contributed by atoms with Gasteiger partial charge in [0.15, 0.2) is 6.10 Å². The van der Waals surface area contributed by atoms with Crippen molar-refractivity contribution < 1.29 is 37.6 Å². The Morgan fingerprint density at radius 3 is 2.33 bits per heavy atom. The molecule has 8 nitrogen and oxygen atoms in total. The van der Waals surface area contributed by atoms with E-state index in [4.69, 9.17) is 9.47 Å². The summed E-state index contributed by atoms with van der Waals surface area (Å²) < 4.78 is 29.9. The molecular formula is C12H20O8P-. The second-order valence-corrected chi connectivity index (χ2v) is 5.42. The molecule has 0 aliphatic rings. The van der Waals surface area contributed by atoms with Crippen LogP contribution < -0.4 is 4.89 Å². The Bertz CT molecular complexity index is 419. The summed E-state index contributed by atoms with van der Waals surface area (Å²) in [5.74, 6) is -1.25. The predicted octanol–water partition coefficient (Wildman–Crippen LogP) is 0.949. The third-order valence-electron chi connectivity index (χ3n) is 2.05. The fourth-order valence-corrected chi connectivity index (χ4v) is 1.77. The minimum Gasteiger partial charge on any atom is -0.756 e. The highest BCUT2D eigenvalue weighted by molar-refractivity contribution is 7.45. The molecule has 0 amide bonds. The van der Waals surface area contributed by atoms with Crippen molar-refractivity contribution in [3.63, 3.8) is 0 Å². The highest BCUT2D eigenvalue weighted by Crippen LogP contribution is 2.38. The van der Waals surface area contributed by atoms with Crippen molar-refractivity contribution in [2.75, 3.05) is 19.8 Å². The Morgan fingerprint density at radius 1 is 1.24 bits per heavy atom. The van der Waals surface area contributed by atoms with Crippen LogP contribution in [0.5, 0.6) is 0 Å². The van der Waals surface area contributed by atoms with Crippen LogP contribution in [0.1, 0.15) is 27.2 Å². The zero-order chi connectivity index (χ0) is 16.5. The van der Waals surface area contributed by atoms with Crippen molar-refractivity contribution >= 4 is 19.8 Å². The second kappa shape index (κ2) is 9.68. The van der Waals surface area contributed by atoms with Crippen LogP contribution in [0, 0.1) is 0 Å². The SMILES string of the molecule is C=C(C)C(=O)OC(COC(=O)CC)COP(=O)([O-])OCC. The number of carbonyl (C=O) groups excluding carboxylic acids is 2. The van der Waals surface area contributed by atoms with Gasteiger partial charge in [0.25, 0.3) is 7.82 Å². The van der Waals surface area contributed by atoms with Gasteiger partial charge < -0.3 is 23.4 Å². The standard InChI is InChI=1S/C12H21O8P/c1-5-11(13)17-7-10(20-12(14)9(3)4)8-19-21(15,16)18-6-2/h10H,3,5-8H2,1-2,4H3,(H,15,16)/p-1. The summed E-state index contributed by atoms with van der Waals surface area (Å²) in [6.45, 7) is 6.97. The lowest BCUT2D eigenvalue weighted by molar-refractivity contribution is -0.227. The van der Waals surface area contributed by atoms with E-state index in [2.05, 4.69) is 15.6 Å². The first-order chi connectivity index (χ1) is 9.71. The van der Waals surface area contributed by atoms with Crippen LogP contribution in [0.3, 0.4) is 0 Å². The third kappa shape index (κ3) is 9.36. The Hall–Kier alpha value is -1.21. The van der Waals surface area contributed by atoms with Gasteiger partial charge in [-0.15, -0.1) is 0 Å². The molecule has 0 N–H and O–H groups in total. The number of phosphoric acid groups is 1. The molecule has 21 heavy (non-hydrogen) atoms. The van der Waals surface area contributed by atoms with E-state index in [0.29, 0.717) is 0 Å². The zero-order valence-electron chi connectivity index (χ0n) is 12.3. The van der Waals surface area contributed by atoms with Gasteiger partial charge in [0, 0.05) is 12.0 Å². The van der Waals surface area contributed by atoms with Gasteiger partial charge in [-0.05, 0) is 13.8 Å². The van der Waals surface area contributed by atoms with Crippen molar-refractivity contribution in [2.45, 2.75) is 33.3 Å².